The summed E-state index contributed by atoms with van der Waals surface area (Å²) in [5.74, 6) is 1.71. The van der Waals surface area contributed by atoms with Crippen LogP contribution in [0, 0.1) is 0 Å². The topological polar surface area (TPSA) is 47.0 Å². The van der Waals surface area contributed by atoms with Gasteiger partial charge in [-0.3, -0.25) is 0 Å². The van der Waals surface area contributed by atoms with Crippen LogP contribution in [0.5, 0.6) is 5.88 Å². The third-order valence-corrected chi connectivity index (χ3v) is 3.58. The van der Waals surface area contributed by atoms with Gasteiger partial charge >= 0.3 is 0 Å². The lowest BCUT2D eigenvalue weighted by molar-refractivity contribution is 0.305. The molecule has 0 amide bonds. The minimum atomic E-state index is -0.148. The highest BCUT2D eigenvalue weighted by atomic mass is 35.5. The van der Waals surface area contributed by atoms with Crippen LogP contribution in [0.2, 0.25) is 0 Å². The SMILES string of the molecule is CCCOc1ccnc(NC(CC)(CC)CCl)n1. The summed E-state index contributed by atoms with van der Waals surface area (Å²) < 4.78 is 5.49. The van der Waals surface area contributed by atoms with Gasteiger partial charge in [0, 0.05) is 18.1 Å². The van der Waals surface area contributed by atoms with Gasteiger partial charge in [-0.05, 0) is 19.3 Å². The number of aromatic nitrogens is 2. The maximum atomic E-state index is 6.05. The normalized spacial score (nSPS) is 11.3. The minimum absolute atomic E-state index is 0.148. The number of hydrogen-bond donors (Lipinski definition) is 1. The molecular weight excluding hydrogens is 250 g/mol. The second-order valence-electron chi connectivity index (χ2n) is 4.31. The molecule has 0 bridgehead atoms. The van der Waals surface area contributed by atoms with Gasteiger partial charge in [0.15, 0.2) is 0 Å². The molecule has 0 aliphatic rings. The van der Waals surface area contributed by atoms with E-state index in [-0.39, 0.29) is 5.54 Å². The summed E-state index contributed by atoms with van der Waals surface area (Å²) in [7, 11) is 0. The van der Waals surface area contributed by atoms with Crippen LogP contribution in [0.25, 0.3) is 0 Å². The second-order valence-corrected chi connectivity index (χ2v) is 4.58. The molecule has 18 heavy (non-hydrogen) atoms. The summed E-state index contributed by atoms with van der Waals surface area (Å²) in [6.45, 7) is 6.94. The molecule has 0 aliphatic carbocycles. The standard InChI is InChI=1S/C13H22ClN3O/c1-4-9-18-11-7-8-15-12(16-11)17-13(5-2,6-3)10-14/h7-8H,4-6,9-10H2,1-3H3,(H,15,16,17). The van der Waals surface area contributed by atoms with Crippen molar-refractivity contribution in [2.24, 2.45) is 0 Å². The van der Waals surface area contributed by atoms with Crippen molar-refractivity contribution in [3.05, 3.63) is 12.3 Å². The average Bonchev–Trinajstić information content (AvgIpc) is 2.43. The van der Waals surface area contributed by atoms with E-state index in [1.165, 1.54) is 0 Å². The van der Waals surface area contributed by atoms with Crippen LogP contribution >= 0.6 is 11.6 Å². The summed E-state index contributed by atoms with van der Waals surface area (Å²) >= 11 is 6.05. The van der Waals surface area contributed by atoms with Gasteiger partial charge in [0.1, 0.15) is 0 Å². The highest BCUT2D eigenvalue weighted by molar-refractivity contribution is 6.18. The van der Waals surface area contributed by atoms with Gasteiger partial charge in [0.25, 0.3) is 0 Å². The maximum Gasteiger partial charge on any atom is 0.226 e. The van der Waals surface area contributed by atoms with Crippen molar-refractivity contribution in [1.29, 1.82) is 0 Å². The Morgan fingerprint density at radius 2 is 2.06 bits per heavy atom. The highest BCUT2D eigenvalue weighted by Gasteiger charge is 2.25. The van der Waals surface area contributed by atoms with Crippen molar-refractivity contribution in [3.8, 4) is 5.88 Å². The molecule has 0 spiro atoms. The third kappa shape index (κ3) is 4.02. The fraction of sp³-hybridized carbons (Fsp3) is 0.692. The van der Waals surface area contributed by atoms with E-state index >= 15 is 0 Å². The molecule has 0 atom stereocenters. The molecule has 0 radical (unpaired) electrons. The van der Waals surface area contributed by atoms with Crippen molar-refractivity contribution in [3.63, 3.8) is 0 Å². The zero-order chi connectivity index (χ0) is 13.4. The Morgan fingerprint density at radius 1 is 1.33 bits per heavy atom. The number of halogens is 1. The fourth-order valence-corrected chi connectivity index (χ4v) is 2.02. The van der Waals surface area contributed by atoms with Gasteiger partial charge in [-0.1, -0.05) is 20.8 Å². The molecule has 1 N–H and O–H groups in total. The molecule has 1 aromatic rings. The predicted molar refractivity (Wildman–Crippen MR) is 75.5 cm³/mol. The molecule has 1 heterocycles. The van der Waals surface area contributed by atoms with Crippen molar-refractivity contribution in [1.82, 2.24) is 9.97 Å². The van der Waals surface area contributed by atoms with E-state index in [2.05, 4.69) is 36.1 Å². The molecule has 0 aliphatic heterocycles. The van der Waals surface area contributed by atoms with Gasteiger partial charge in [-0.25, -0.2) is 4.98 Å². The van der Waals surface area contributed by atoms with E-state index in [0.717, 1.165) is 19.3 Å². The number of hydrogen-bond acceptors (Lipinski definition) is 4. The number of rotatable bonds is 8. The van der Waals surface area contributed by atoms with E-state index in [4.69, 9.17) is 16.3 Å². The molecule has 0 fully saturated rings. The van der Waals surface area contributed by atoms with Crippen molar-refractivity contribution in [2.75, 3.05) is 17.8 Å². The molecule has 1 rings (SSSR count). The maximum absolute atomic E-state index is 6.05. The first-order valence-corrected chi connectivity index (χ1v) is 7.03. The molecule has 1 aromatic heterocycles. The molecule has 0 aromatic carbocycles. The van der Waals surface area contributed by atoms with E-state index in [1.807, 2.05) is 0 Å². The summed E-state index contributed by atoms with van der Waals surface area (Å²) in [5.41, 5.74) is -0.148. The van der Waals surface area contributed by atoms with Crippen molar-refractivity contribution < 1.29 is 4.74 Å². The molecule has 5 heteroatoms. The van der Waals surface area contributed by atoms with E-state index in [0.29, 0.717) is 24.3 Å². The minimum Gasteiger partial charge on any atom is -0.478 e. The van der Waals surface area contributed by atoms with Gasteiger partial charge in [-0.2, -0.15) is 4.98 Å². The van der Waals surface area contributed by atoms with Gasteiger partial charge in [-0.15, -0.1) is 11.6 Å². The highest BCUT2D eigenvalue weighted by Crippen LogP contribution is 2.22. The van der Waals surface area contributed by atoms with E-state index in [1.54, 1.807) is 12.3 Å². The van der Waals surface area contributed by atoms with Crippen LogP contribution in [-0.4, -0.2) is 28.0 Å². The summed E-state index contributed by atoms with van der Waals surface area (Å²) in [6.07, 6.45) is 4.51. The first kappa shape index (κ1) is 15.0. The van der Waals surface area contributed by atoms with Crippen LogP contribution in [0.1, 0.15) is 40.0 Å². The zero-order valence-electron chi connectivity index (χ0n) is 11.4. The first-order valence-electron chi connectivity index (χ1n) is 6.49. The number of ether oxygens (including phenoxy) is 1. The Hall–Kier alpha value is -1.03. The smallest absolute Gasteiger partial charge is 0.226 e. The summed E-state index contributed by atoms with van der Waals surface area (Å²) in [4.78, 5) is 8.55. The largest absolute Gasteiger partial charge is 0.478 e. The molecule has 4 nitrogen and oxygen atoms in total. The average molecular weight is 272 g/mol. The molecule has 0 saturated carbocycles. The molecule has 0 unspecified atom stereocenters. The Balaban J connectivity index is 2.77. The fourth-order valence-electron chi connectivity index (χ4n) is 1.58. The predicted octanol–water partition coefficient (Wildman–Crippen LogP) is 3.47. The molecule has 0 saturated heterocycles. The zero-order valence-corrected chi connectivity index (χ0v) is 12.1. The van der Waals surface area contributed by atoms with E-state index in [9.17, 15) is 0 Å². The third-order valence-electron chi connectivity index (χ3n) is 3.07. The molecular formula is C13H22ClN3O. The monoisotopic (exact) mass is 271 g/mol. The van der Waals surface area contributed by atoms with Gasteiger partial charge in [0.2, 0.25) is 11.8 Å². The van der Waals surface area contributed by atoms with Gasteiger partial charge in [0.05, 0.1) is 12.1 Å². The Bertz CT molecular complexity index is 348. The van der Waals surface area contributed by atoms with Crippen LogP contribution in [0.3, 0.4) is 0 Å². The Morgan fingerprint density at radius 3 is 2.61 bits per heavy atom. The molecule has 102 valence electrons. The summed E-state index contributed by atoms with van der Waals surface area (Å²) in [6, 6.07) is 1.76. The van der Waals surface area contributed by atoms with Crippen molar-refractivity contribution >= 4 is 17.5 Å². The van der Waals surface area contributed by atoms with Crippen LogP contribution in [0.15, 0.2) is 12.3 Å². The quantitative estimate of drug-likeness (QED) is 0.736. The summed E-state index contributed by atoms with van der Waals surface area (Å²) in [5, 5.41) is 3.32. The lowest BCUT2D eigenvalue weighted by Gasteiger charge is -2.30. The Labute approximate surface area is 114 Å². The lowest BCUT2D eigenvalue weighted by Crippen LogP contribution is -2.39. The van der Waals surface area contributed by atoms with Crippen LogP contribution < -0.4 is 10.1 Å². The first-order chi connectivity index (χ1) is 8.69. The second kappa shape index (κ2) is 7.41. The lowest BCUT2D eigenvalue weighted by atomic mass is 9.95. The van der Waals surface area contributed by atoms with E-state index < -0.39 is 0 Å². The van der Waals surface area contributed by atoms with Gasteiger partial charge < -0.3 is 10.1 Å². The number of alkyl halides is 1. The number of anilines is 1. The van der Waals surface area contributed by atoms with Crippen LogP contribution in [0.4, 0.5) is 5.95 Å². The number of nitrogens with zero attached hydrogens (tertiary/aromatic N) is 2. The van der Waals surface area contributed by atoms with Crippen LogP contribution in [-0.2, 0) is 0 Å². The Kier molecular flexibility index (Phi) is 6.19. The number of nitrogens with one attached hydrogen (secondary N) is 1. The van der Waals surface area contributed by atoms with Crippen molar-refractivity contribution in [2.45, 2.75) is 45.6 Å².